The summed E-state index contributed by atoms with van der Waals surface area (Å²) in [7, 11) is 0. The fraction of sp³-hybridized carbons (Fsp3) is 0.538. The number of hydrogen-bond donors (Lipinski definition) is 1. The first-order valence-electron chi connectivity index (χ1n) is 6.09. The minimum absolute atomic E-state index is 0.203. The zero-order valence-corrected chi connectivity index (χ0v) is 10.9. The number of rotatable bonds is 4. The summed E-state index contributed by atoms with van der Waals surface area (Å²) in [6.07, 6.45) is 0.203. The first kappa shape index (κ1) is 12.7. The molecule has 1 heterocycles. The molecule has 0 spiro atoms. The molecule has 0 amide bonds. The van der Waals surface area contributed by atoms with E-state index in [1.165, 1.54) is 0 Å². The second-order valence-corrected chi connectivity index (χ2v) is 4.87. The minimum atomic E-state index is 0.203. The molecule has 0 saturated carbocycles. The van der Waals surface area contributed by atoms with Crippen LogP contribution in [0.3, 0.4) is 0 Å². The summed E-state index contributed by atoms with van der Waals surface area (Å²) in [4.78, 5) is 2.43. The highest BCUT2D eigenvalue weighted by molar-refractivity contribution is 6.30. The third-order valence-corrected chi connectivity index (χ3v) is 3.13. The molecule has 1 fully saturated rings. The van der Waals surface area contributed by atoms with Gasteiger partial charge in [0.2, 0.25) is 0 Å². The fourth-order valence-corrected chi connectivity index (χ4v) is 2.17. The third kappa shape index (κ3) is 4.19. The van der Waals surface area contributed by atoms with Gasteiger partial charge < -0.3 is 10.1 Å². The maximum Gasteiger partial charge on any atom is 0.119 e. The number of nitrogens with one attached hydrogen (secondary N) is 1. The molecule has 2 rings (SSSR count). The standard InChI is InChI=1S/C13H19ClN2O/c1-11(10-16-8-6-15-7-9-16)17-13-4-2-12(14)3-5-13/h2-5,11,15H,6-10H2,1H3. The van der Waals surface area contributed by atoms with Crippen LogP contribution >= 0.6 is 11.6 Å². The van der Waals surface area contributed by atoms with Gasteiger partial charge in [-0.1, -0.05) is 11.6 Å². The van der Waals surface area contributed by atoms with E-state index >= 15 is 0 Å². The highest BCUT2D eigenvalue weighted by Gasteiger charge is 2.13. The van der Waals surface area contributed by atoms with Crippen molar-refractivity contribution in [3.8, 4) is 5.75 Å². The smallest absolute Gasteiger partial charge is 0.119 e. The summed E-state index contributed by atoms with van der Waals surface area (Å²) < 4.78 is 5.85. The van der Waals surface area contributed by atoms with Crippen molar-refractivity contribution >= 4 is 11.6 Å². The Morgan fingerprint density at radius 3 is 2.59 bits per heavy atom. The van der Waals surface area contributed by atoms with E-state index in [2.05, 4.69) is 17.1 Å². The van der Waals surface area contributed by atoms with E-state index in [1.54, 1.807) is 0 Å². The minimum Gasteiger partial charge on any atom is -0.489 e. The van der Waals surface area contributed by atoms with Crippen LogP contribution in [0.15, 0.2) is 24.3 Å². The maximum atomic E-state index is 5.85. The van der Waals surface area contributed by atoms with Gasteiger partial charge >= 0.3 is 0 Å². The van der Waals surface area contributed by atoms with Crippen LogP contribution in [0, 0.1) is 0 Å². The van der Waals surface area contributed by atoms with Gasteiger partial charge in [-0.25, -0.2) is 0 Å². The van der Waals surface area contributed by atoms with Gasteiger partial charge in [-0.3, -0.25) is 4.90 Å². The molecule has 1 aliphatic rings. The van der Waals surface area contributed by atoms with Crippen molar-refractivity contribution in [1.29, 1.82) is 0 Å². The van der Waals surface area contributed by atoms with Gasteiger partial charge in [0.25, 0.3) is 0 Å². The summed E-state index contributed by atoms with van der Waals surface area (Å²) in [5.41, 5.74) is 0. The fourth-order valence-electron chi connectivity index (χ4n) is 2.04. The summed E-state index contributed by atoms with van der Waals surface area (Å²) in [5, 5.41) is 4.09. The molecule has 0 aromatic heterocycles. The van der Waals surface area contributed by atoms with Gasteiger partial charge in [0, 0.05) is 37.7 Å². The first-order valence-corrected chi connectivity index (χ1v) is 6.47. The zero-order valence-electron chi connectivity index (χ0n) is 10.2. The normalized spacial score (nSPS) is 18.9. The van der Waals surface area contributed by atoms with E-state index in [-0.39, 0.29) is 6.10 Å². The van der Waals surface area contributed by atoms with Gasteiger partial charge in [0.15, 0.2) is 0 Å². The molecule has 17 heavy (non-hydrogen) atoms. The Labute approximate surface area is 108 Å². The van der Waals surface area contributed by atoms with Crippen LogP contribution in [-0.4, -0.2) is 43.7 Å². The average Bonchev–Trinajstić information content (AvgIpc) is 2.33. The molecule has 1 aromatic rings. The van der Waals surface area contributed by atoms with Crippen LogP contribution in [0.5, 0.6) is 5.75 Å². The van der Waals surface area contributed by atoms with Crippen molar-refractivity contribution in [2.45, 2.75) is 13.0 Å². The number of halogens is 1. The Morgan fingerprint density at radius 2 is 1.94 bits per heavy atom. The SMILES string of the molecule is CC(CN1CCNCC1)Oc1ccc(Cl)cc1. The molecule has 1 aromatic carbocycles. The van der Waals surface area contributed by atoms with E-state index in [4.69, 9.17) is 16.3 Å². The quantitative estimate of drug-likeness (QED) is 0.890. The van der Waals surface area contributed by atoms with E-state index in [1.807, 2.05) is 24.3 Å². The topological polar surface area (TPSA) is 24.5 Å². The molecule has 0 aliphatic carbocycles. The maximum absolute atomic E-state index is 5.85. The Hall–Kier alpha value is -0.770. The Morgan fingerprint density at radius 1 is 1.29 bits per heavy atom. The van der Waals surface area contributed by atoms with Crippen molar-refractivity contribution in [3.63, 3.8) is 0 Å². The van der Waals surface area contributed by atoms with Crippen molar-refractivity contribution in [2.75, 3.05) is 32.7 Å². The van der Waals surface area contributed by atoms with E-state index in [0.29, 0.717) is 0 Å². The first-order chi connectivity index (χ1) is 8.24. The highest BCUT2D eigenvalue weighted by atomic mass is 35.5. The number of ether oxygens (including phenoxy) is 1. The summed E-state index contributed by atoms with van der Waals surface area (Å²) in [6.45, 7) is 7.45. The van der Waals surface area contributed by atoms with Crippen molar-refractivity contribution in [2.24, 2.45) is 0 Å². The van der Waals surface area contributed by atoms with Crippen LogP contribution in [0.25, 0.3) is 0 Å². The van der Waals surface area contributed by atoms with E-state index in [9.17, 15) is 0 Å². The van der Waals surface area contributed by atoms with Gasteiger partial charge in [-0.15, -0.1) is 0 Å². The lowest BCUT2D eigenvalue weighted by molar-refractivity contribution is 0.135. The summed E-state index contributed by atoms with van der Waals surface area (Å²) in [5.74, 6) is 0.886. The van der Waals surface area contributed by atoms with Crippen LogP contribution in [0.4, 0.5) is 0 Å². The van der Waals surface area contributed by atoms with Crippen molar-refractivity contribution in [3.05, 3.63) is 29.3 Å². The lowest BCUT2D eigenvalue weighted by atomic mass is 10.3. The van der Waals surface area contributed by atoms with Crippen molar-refractivity contribution < 1.29 is 4.74 Å². The molecule has 1 aliphatic heterocycles. The summed E-state index contributed by atoms with van der Waals surface area (Å²) >= 11 is 5.83. The molecular formula is C13H19ClN2O. The van der Waals surface area contributed by atoms with E-state index in [0.717, 1.165) is 43.5 Å². The highest BCUT2D eigenvalue weighted by Crippen LogP contribution is 2.17. The largest absolute Gasteiger partial charge is 0.489 e. The zero-order chi connectivity index (χ0) is 12.1. The van der Waals surface area contributed by atoms with E-state index < -0.39 is 0 Å². The monoisotopic (exact) mass is 254 g/mol. The third-order valence-electron chi connectivity index (χ3n) is 2.88. The van der Waals surface area contributed by atoms with Gasteiger partial charge in [-0.05, 0) is 31.2 Å². The Balaban J connectivity index is 1.79. The molecule has 3 nitrogen and oxygen atoms in total. The predicted octanol–water partition coefficient (Wildman–Crippen LogP) is 2.01. The predicted molar refractivity (Wildman–Crippen MR) is 70.9 cm³/mol. The Kier molecular flexibility index (Phi) is 4.66. The number of piperazine rings is 1. The van der Waals surface area contributed by atoms with Crippen molar-refractivity contribution in [1.82, 2.24) is 10.2 Å². The molecule has 1 atom stereocenters. The number of benzene rings is 1. The lowest BCUT2D eigenvalue weighted by Crippen LogP contribution is -2.46. The van der Waals surface area contributed by atoms with Gasteiger partial charge in [0.1, 0.15) is 11.9 Å². The second kappa shape index (κ2) is 6.24. The molecule has 4 heteroatoms. The van der Waals surface area contributed by atoms with Crippen LogP contribution in [0.2, 0.25) is 5.02 Å². The van der Waals surface area contributed by atoms with Crippen LogP contribution in [0.1, 0.15) is 6.92 Å². The second-order valence-electron chi connectivity index (χ2n) is 4.43. The van der Waals surface area contributed by atoms with Gasteiger partial charge in [0.05, 0.1) is 0 Å². The van der Waals surface area contributed by atoms with Gasteiger partial charge in [-0.2, -0.15) is 0 Å². The molecule has 1 N–H and O–H groups in total. The van der Waals surface area contributed by atoms with Crippen LogP contribution in [-0.2, 0) is 0 Å². The lowest BCUT2D eigenvalue weighted by Gasteiger charge is -2.29. The molecule has 1 unspecified atom stereocenters. The number of hydrogen-bond acceptors (Lipinski definition) is 3. The van der Waals surface area contributed by atoms with Crippen LogP contribution < -0.4 is 10.1 Å². The molecular weight excluding hydrogens is 236 g/mol. The number of nitrogens with zero attached hydrogens (tertiary/aromatic N) is 1. The Bertz CT molecular complexity index is 336. The molecule has 0 bridgehead atoms. The average molecular weight is 255 g/mol. The summed E-state index contributed by atoms with van der Waals surface area (Å²) in [6, 6.07) is 7.54. The molecule has 0 radical (unpaired) electrons. The molecule has 1 saturated heterocycles. The molecule has 94 valence electrons.